The molecule has 0 saturated carbocycles. The first-order chi connectivity index (χ1) is 14.1. The van der Waals surface area contributed by atoms with E-state index in [9.17, 15) is 4.79 Å². The van der Waals surface area contributed by atoms with Crippen LogP contribution in [0.1, 0.15) is 13.8 Å². The van der Waals surface area contributed by atoms with E-state index in [0.717, 1.165) is 22.6 Å². The number of nitrogens with zero attached hydrogens (tertiary/aromatic N) is 2. The smallest absolute Gasteiger partial charge is 0.257 e. The van der Waals surface area contributed by atoms with Crippen molar-refractivity contribution in [2.75, 3.05) is 18.8 Å². The summed E-state index contributed by atoms with van der Waals surface area (Å²) in [6.45, 7) is 5.24. The summed E-state index contributed by atoms with van der Waals surface area (Å²) in [4.78, 5) is 19.2. The average molecular weight is 409 g/mol. The lowest BCUT2D eigenvalue weighted by Gasteiger charge is -2.35. The van der Waals surface area contributed by atoms with E-state index in [1.54, 1.807) is 0 Å². The van der Waals surface area contributed by atoms with E-state index < -0.39 is 0 Å². The molecule has 0 spiro atoms. The fraction of sp³-hybridized carbons (Fsp3) is 0.304. The second kappa shape index (κ2) is 8.84. The number of hydrogen-bond donors (Lipinski definition) is 0. The molecule has 0 N–H and O–H groups in total. The van der Waals surface area contributed by atoms with Crippen LogP contribution in [0.3, 0.4) is 0 Å². The van der Waals surface area contributed by atoms with Crippen molar-refractivity contribution in [3.8, 4) is 22.6 Å². The molecule has 150 valence electrons. The SMILES string of the molecule is C[C@@H]1CN(C(=O)CSc2nc(-c3ccccc3)c(-c3ccccc3)o2)C[C@H](C)O1. The summed E-state index contributed by atoms with van der Waals surface area (Å²) in [6.07, 6.45) is 0.118. The lowest BCUT2D eigenvalue weighted by Crippen LogP contribution is -2.48. The van der Waals surface area contributed by atoms with Gasteiger partial charge in [-0.1, -0.05) is 72.4 Å². The van der Waals surface area contributed by atoms with Gasteiger partial charge in [0.25, 0.3) is 5.22 Å². The first-order valence-electron chi connectivity index (χ1n) is 9.78. The minimum absolute atomic E-state index is 0.0591. The molecule has 0 radical (unpaired) electrons. The molecule has 1 fully saturated rings. The molecule has 1 saturated heterocycles. The zero-order valence-electron chi connectivity index (χ0n) is 16.6. The minimum Gasteiger partial charge on any atom is -0.431 e. The van der Waals surface area contributed by atoms with E-state index in [1.165, 1.54) is 11.8 Å². The van der Waals surface area contributed by atoms with Gasteiger partial charge in [-0.15, -0.1) is 0 Å². The highest BCUT2D eigenvalue weighted by atomic mass is 32.2. The molecule has 1 aliphatic rings. The number of hydrogen-bond acceptors (Lipinski definition) is 5. The number of carbonyl (C=O) groups is 1. The Morgan fingerprint density at radius 1 is 1.00 bits per heavy atom. The predicted octanol–water partition coefficient (Wildman–Crippen LogP) is 4.74. The van der Waals surface area contributed by atoms with Crippen molar-refractivity contribution in [1.82, 2.24) is 9.88 Å². The lowest BCUT2D eigenvalue weighted by atomic mass is 10.1. The van der Waals surface area contributed by atoms with Gasteiger partial charge < -0.3 is 14.1 Å². The number of morpholine rings is 1. The van der Waals surface area contributed by atoms with Crippen LogP contribution in [0.2, 0.25) is 0 Å². The van der Waals surface area contributed by atoms with E-state index in [-0.39, 0.29) is 18.1 Å². The molecular weight excluding hydrogens is 384 g/mol. The van der Waals surface area contributed by atoms with Gasteiger partial charge in [-0.2, -0.15) is 0 Å². The second-order valence-electron chi connectivity index (χ2n) is 7.23. The molecule has 3 aromatic rings. The second-order valence-corrected chi connectivity index (χ2v) is 8.16. The molecule has 1 aliphatic heterocycles. The van der Waals surface area contributed by atoms with Crippen LogP contribution in [-0.2, 0) is 9.53 Å². The van der Waals surface area contributed by atoms with Gasteiger partial charge in [0.15, 0.2) is 5.76 Å². The van der Waals surface area contributed by atoms with Crippen molar-refractivity contribution in [3.63, 3.8) is 0 Å². The maximum atomic E-state index is 12.7. The number of ether oxygens (including phenoxy) is 1. The van der Waals surface area contributed by atoms with Gasteiger partial charge in [-0.05, 0) is 13.8 Å². The fourth-order valence-electron chi connectivity index (χ4n) is 3.54. The zero-order valence-corrected chi connectivity index (χ0v) is 17.4. The minimum atomic E-state index is 0.0591. The van der Waals surface area contributed by atoms with E-state index >= 15 is 0 Å². The first-order valence-corrected chi connectivity index (χ1v) is 10.8. The third kappa shape index (κ3) is 4.71. The van der Waals surface area contributed by atoms with E-state index in [0.29, 0.717) is 24.1 Å². The van der Waals surface area contributed by atoms with Crippen LogP contribution >= 0.6 is 11.8 Å². The Morgan fingerprint density at radius 3 is 2.21 bits per heavy atom. The summed E-state index contributed by atoms with van der Waals surface area (Å²) >= 11 is 1.34. The van der Waals surface area contributed by atoms with Crippen LogP contribution in [-0.4, -0.2) is 46.8 Å². The third-order valence-corrected chi connectivity index (χ3v) is 5.60. The van der Waals surface area contributed by atoms with Gasteiger partial charge in [0, 0.05) is 24.2 Å². The molecule has 1 aromatic heterocycles. The molecule has 2 aromatic carbocycles. The molecule has 4 rings (SSSR count). The summed E-state index contributed by atoms with van der Waals surface area (Å²) in [6, 6.07) is 19.9. The molecule has 0 bridgehead atoms. The van der Waals surface area contributed by atoms with Crippen molar-refractivity contribution < 1.29 is 13.9 Å². The van der Waals surface area contributed by atoms with Crippen LogP contribution in [0, 0.1) is 0 Å². The topological polar surface area (TPSA) is 55.6 Å². The van der Waals surface area contributed by atoms with Crippen LogP contribution in [0.25, 0.3) is 22.6 Å². The average Bonchev–Trinajstić information content (AvgIpc) is 3.17. The van der Waals surface area contributed by atoms with Gasteiger partial charge >= 0.3 is 0 Å². The van der Waals surface area contributed by atoms with Gasteiger partial charge in [-0.3, -0.25) is 4.79 Å². The molecule has 2 atom stereocenters. The maximum absolute atomic E-state index is 12.7. The highest BCUT2D eigenvalue weighted by molar-refractivity contribution is 7.99. The number of aromatic nitrogens is 1. The Hall–Kier alpha value is -2.57. The van der Waals surface area contributed by atoms with Crippen LogP contribution in [0.4, 0.5) is 0 Å². The standard InChI is InChI=1S/C23H24N2O3S/c1-16-13-25(14-17(2)27-16)20(26)15-29-23-24-21(18-9-5-3-6-10-18)22(28-23)19-11-7-4-8-12-19/h3-12,16-17H,13-15H2,1-2H3/t16-,17+. The molecule has 5 nitrogen and oxygen atoms in total. The number of carbonyl (C=O) groups excluding carboxylic acids is 1. The molecule has 2 heterocycles. The van der Waals surface area contributed by atoms with E-state index in [2.05, 4.69) is 0 Å². The van der Waals surface area contributed by atoms with Gasteiger partial charge in [0.05, 0.1) is 18.0 Å². The van der Waals surface area contributed by atoms with Gasteiger partial charge in [0.1, 0.15) is 5.69 Å². The number of benzene rings is 2. The van der Waals surface area contributed by atoms with Crippen molar-refractivity contribution in [1.29, 1.82) is 0 Å². The monoisotopic (exact) mass is 408 g/mol. The normalized spacial score (nSPS) is 19.3. The van der Waals surface area contributed by atoms with Crippen LogP contribution in [0.15, 0.2) is 70.3 Å². The highest BCUT2D eigenvalue weighted by Crippen LogP contribution is 2.35. The molecule has 29 heavy (non-hydrogen) atoms. The Balaban J connectivity index is 1.54. The number of thioether (sulfide) groups is 1. The van der Waals surface area contributed by atoms with Gasteiger partial charge in [-0.25, -0.2) is 4.98 Å². The first kappa shape index (κ1) is 19.7. The molecule has 0 unspecified atom stereocenters. The summed E-state index contributed by atoms with van der Waals surface area (Å²) in [7, 11) is 0. The quantitative estimate of drug-likeness (QED) is 0.571. The van der Waals surface area contributed by atoms with Crippen molar-refractivity contribution in [2.24, 2.45) is 0 Å². The van der Waals surface area contributed by atoms with Crippen molar-refractivity contribution in [3.05, 3.63) is 60.7 Å². The Morgan fingerprint density at radius 2 is 1.59 bits per heavy atom. The predicted molar refractivity (Wildman–Crippen MR) is 115 cm³/mol. The number of oxazole rings is 1. The van der Waals surface area contributed by atoms with Crippen LogP contribution in [0.5, 0.6) is 0 Å². The largest absolute Gasteiger partial charge is 0.431 e. The fourth-order valence-corrected chi connectivity index (χ4v) is 4.26. The number of amides is 1. The van der Waals surface area contributed by atoms with E-state index in [4.69, 9.17) is 14.1 Å². The number of rotatable bonds is 5. The summed E-state index contributed by atoms with van der Waals surface area (Å²) < 4.78 is 11.8. The Kier molecular flexibility index (Phi) is 6.02. The van der Waals surface area contributed by atoms with E-state index in [1.807, 2.05) is 79.4 Å². The molecule has 1 amide bonds. The van der Waals surface area contributed by atoms with Crippen LogP contribution < -0.4 is 0 Å². The zero-order chi connectivity index (χ0) is 20.2. The maximum Gasteiger partial charge on any atom is 0.257 e. The molecule has 6 heteroatoms. The molecular formula is C23H24N2O3S. The third-order valence-electron chi connectivity index (χ3n) is 4.78. The van der Waals surface area contributed by atoms with Crippen molar-refractivity contribution >= 4 is 17.7 Å². The summed E-state index contributed by atoms with van der Waals surface area (Å²) in [5, 5.41) is 0.505. The molecule has 0 aliphatic carbocycles. The van der Waals surface area contributed by atoms with Gasteiger partial charge in [0.2, 0.25) is 5.91 Å². The Labute approximate surface area is 175 Å². The highest BCUT2D eigenvalue weighted by Gasteiger charge is 2.26. The summed E-state index contributed by atoms with van der Waals surface area (Å²) in [5.41, 5.74) is 2.75. The summed E-state index contributed by atoms with van der Waals surface area (Å²) in [5.74, 6) is 1.10. The Bertz CT molecular complexity index is 892. The lowest BCUT2D eigenvalue weighted by molar-refractivity contribution is -0.140. The van der Waals surface area contributed by atoms with Crippen molar-refractivity contribution in [2.45, 2.75) is 31.3 Å².